The number of carboxylic acids is 1. The molecule has 2 aliphatic rings. The van der Waals surface area contributed by atoms with E-state index >= 15 is 0 Å². The molecule has 1 heterocycles. The van der Waals surface area contributed by atoms with Gasteiger partial charge in [0.05, 0.1) is 6.10 Å². The van der Waals surface area contributed by atoms with Crippen LogP contribution in [0.15, 0.2) is 24.3 Å². The smallest absolute Gasteiger partial charge is 0.345 e. The molecular formula is C20H27ClO3S. The first-order chi connectivity index (χ1) is 12.0. The van der Waals surface area contributed by atoms with Gasteiger partial charge in [-0.1, -0.05) is 25.0 Å². The van der Waals surface area contributed by atoms with E-state index in [2.05, 4.69) is 12.2 Å². The molecule has 0 saturated heterocycles. The van der Waals surface area contributed by atoms with Crippen LogP contribution in [0.25, 0.3) is 0 Å². The number of rotatable bonds is 7. The maximum absolute atomic E-state index is 11.0. The van der Waals surface area contributed by atoms with Gasteiger partial charge in [0.25, 0.3) is 0 Å². The summed E-state index contributed by atoms with van der Waals surface area (Å²) in [6.07, 6.45) is 12.9. The van der Waals surface area contributed by atoms with Crippen molar-refractivity contribution in [1.82, 2.24) is 0 Å². The number of allylic oxidation sites excluding steroid dienone is 1. The van der Waals surface area contributed by atoms with Gasteiger partial charge in [0.1, 0.15) is 4.88 Å². The Morgan fingerprint density at radius 1 is 1.28 bits per heavy atom. The molecule has 5 heteroatoms. The summed E-state index contributed by atoms with van der Waals surface area (Å²) in [7, 11) is 0. The van der Waals surface area contributed by atoms with Crippen molar-refractivity contribution in [3.05, 3.63) is 34.0 Å². The molecule has 0 aliphatic heterocycles. The molecule has 2 aliphatic carbocycles. The van der Waals surface area contributed by atoms with E-state index < -0.39 is 5.97 Å². The monoisotopic (exact) mass is 382 g/mol. The third-order valence-corrected chi connectivity index (χ3v) is 7.34. The highest BCUT2D eigenvalue weighted by Crippen LogP contribution is 2.41. The molecule has 0 radical (unpaired) electrons. The molecule has 3 rings (SSSR count). The standard InChI is InChI=1S/C20H27ClO3S/c21-17-12-18(22)16(10-8-13-4-1-2-5-13)15(17)7-3-6-14-9-11-19(25-14)20(23)24/h8-11,13,15-18,22H,1-7,12H2,(H,23,24)/b10-8+/t15-,16-,17-,18-/m1/s1. The molecule has 2 saturated carbocycles. The number of aliphatic hydroxyl groups excluding tert-OH is 1. The highest BCUT2D eigenvalue weighted by atomic mass is 35.5. The van der Waals surface area contributed by atoms with Crippen LogP contribution in [-0.4, -0.2) is 27.7 Å². The van der Waals surface area contributed by atoms with Crippen LogP contribution in [0.3, 0.4) is 0 Å². The minimum atomic E-state index is -0.854. The summed E-state index contributed by atoms with van der Waals surface area (Å²) >= 11 is 7.88. The van der Waals surface area contributed by atoms with Gasteiger partial charge in [-0.25, -0.2) is 4.79 Å². The van der Waals surface area contributed by atoms with Crippen molar-refractivity contribution in [1.29, 1.82) is 0 Å². The quantitative estimate of drug-likeness (QED) is 0.508. The van der Waals surface area contributed by atoms with Crippen molar-refractivity contribution in [3.63, 3.8) is 0 Å². The summed E-state index contributed by atoms with van der Waals surface area (Å²) < 4.78 is 0. The Labute approximate surface area is 158 Å². The number of aliphatic hydroxyl groups is 1. The van der Waals surface area contributed by atoms with Gasteiger partial charge in [0.2, 0.25) is 0 Å². The normalized spacial score (nSPS) is 30.5. The molecule has 0 spiro atoms. The maximum atomic E-state index is 11.0. The number of carboxylic acid groups (broad SMARTS) is 1. The van der Waals surface area contributed by atoms with Crippen LogP contribution in [0.4, 0.5) is 0 Å². The van der Waals surface area contributed by atoms with Gasteiger partial charge in [0.15, 0.2) is 0 Å². The van der Waals surface area contributed by atoms with E-state index in [0.29, 0.717) is 23.1 Å². The van der Waals surface area contributed by atoms with Gasteiger partial charge in [0, 0.05) is 16.2 Å². The van der Waals surface area contributed by atoms with Crippen molar-refractivity contribution in [2.24, 2.45) is 17.8 Å². The van der Waals surface area contributed by atoms with Gasteiger partial charge < -0.3 is 10.2 Å². The van der Waals surface area contributed by atoms with Crippen molar-refractivity contribution in [2.75, 3.05) is 0 Å². The minimum Gasteiger partial charge on any atom is -0.477 e. The second kappa shape index (κ2) is 8.70. The van der Waals surface area contributed by atoms with Crippen molar-refractivity contribution in [3.8, 4) is 0 Å². The average Bonchev–Trinajstić information content (AvgIpc) is 3.28. The van der Waals surface area contributed by atoms with Crippen molar-refractivity contribution >= 4 is 28.9 Å². The summed E-state index contributed by atoms with van der Waals surface area (Å²) in [6.45, 7) is 0. The molecule has 25 heavy (non-hydrogen) atoms. The first-order valence-corrected chi connectivity index (χ1v) is 10.6. The summed E-state index contributed by atoms with van der Waals surface area (Å²) in [6, 6.07) is 3.59. The van der Waals surface area contributed by atoms with Crippen molar-refractivity contribution < 1.29 is 15.0 Å². The number of thiophene rings is 1. The summed E-state index contributed by atoms with van der Waals surface area (Å²) in [5.74, 6) is 0.310. The number of aromatic carboxylic acids is 1. The van der Waals surface area contributed by atoms with E-state index in [9.17, 15) is 9.90 Å². The number of carbonyl (C=O) groups is 1. The van der Waals surface area contributed by atoms with Crippen LogP contribution < -0.4 is 0 Å². The predicted octanol–water partition coefficient (Wildman–Crippen LogP) is 5.12. The van der Waals surface area contributed by atoms with Gasteiger partial charge in [-0.15, -0.1) is 22.9 Å². The van der Waals surface area contributed by atoms with Crippen LogP contribution in [0, 0.1) is 17.8 Å². The lowest BCUT2D eigenvalue weighted by Crippen LogP contribution is -2.19. The van der Waals surface area contributed by atoms with Gasteiger partial charge in [-0.3, -0.25) is 0 Å². The third kappa shape index (κ3) is 4.87. The van der Waals surface area contributed by atoms with Crippen LogP contribution in [0.1, 0.15) is 59.5 Å². The number of hydrogen-bond donors (Lipinski definition) is 2. The zero-order chi connectivity index (χ0) is 17.8. The average molecular weight is 383 g/mol. The lowest BCUT2D eigenvalue weighted by atomic mass is 9.88. The van der Waals surface area contributed by atoms with E-state index in [4.69, 9.17) is 16.7 Å². The fraction of sp³-hybridized carbons (Fsp3) is 0.650. The summed E-state index contributed by atoms with van der Waals surface area (Å²) in [5.41, 5.74) is 0. The molecule has 1 aromatic heterocycles. The lowest BCUT2D eigenvalue weighted by molar-refractivity contribution is 0.0702. The first-order valence-electron chi connectivity index (χ1n) is 9.37. The van der Waals surface area contributed by atoms with E-state index in [-0.39, 0.29) is 17.4 Å². The van der Waals surface area contributed by atoms with Gasteiger partial charge >= 0.3 is 5.97 Å². The fourth-order valence-electron chi connectivity index (χ4n) is 4.31. The SMILES string of the molecule is O=C(O)c1ccc(CCC[C@@H]2[C@@H](/C=C/C3CCCC3)[C@H](O)C[C@H]2Cl)s1. The number of halogens is 1. The van der Waals surface area contributed by atoms with Crippen molar-refractivity contribution in [2.45, 2.75) is 62.8 Å². The van der Waals surface area contributed by atoms with Crippen LogP contribution in [0.2, 0.25) is 0 Å². The first kappa shape index (κ1) is 18.9. The Morgan fingerprint density at radius 2 is 2.04 bits per heavy atom. The second-order valence-electron chi connectivity index (χ2n) is 7.45. The van der Waals surface area contributed by atoms with E-state index in [1.807, 2.05) is 6.07 Å². The summed E-state index contributed by atoms with van der Waals surface area (Å²) in [4.78, 5) is 12.5. The molecule has 0 amide bonds. The zero-order valence-electron chi connectivity index (χ0n) is 14.4. The van der Waals surface area contributed by atoms with E-state index in [1.165, 1.54) is 37.0 Å². The Morgan fingerprint density at radius 3 is 2.72 bits per heavy atom. The predicted molar refractivity (Wildman–Crippen MR) is 103 cm³/mol. The lowest BCUT2D eigenvalue weighted by Gasteiger charge is -2.21. The van der Waals surface area contributed by atoms with Crippen LogP contribution in [-0.2, 0) is 6.42 Å². The second-order valence-corrected chi connectivity index (χ2v) is 9.18. The highest BCUT2D eigenvalue weighted by Gasteiger charge is 2.39. The fourth-order valence-corrected chi connectivity index (χ4v) is 5.67. The highest BCUT2D eigenvalue weighted by molar-refractivity contribution is 7.13. The Bertz CT molecular complexity index is 606. The molecule has 2 fully saturated rings. The number of aryl methyl sites for hydroxylation is 1. The molecule has 1 aromatic rings. The molecule has 138 valence electrons. The maximum Gasteiger partial charge on any atom is 0.345 e. The minimum absolute atomic E-state index is 0.0335. The molecule has 4 atom stereocenters. The van der Waals surface area contributed by atoms with Gasteiger partial charge in [-0.05, 0) is 62.5 Å². The van der Waals surface area contributed by atoms with Crippen LogP contribution in [0.5, 0.6) is 0 Å². The van der Waals surface area contributed by atoms with Crippen LogP contribution >= 0.6 is 22.9 Å². The molecular weight excluding hydrogens is 356 g/mol. The number of hydrogen-bond acceptors (Lipinski definition) is 3. The summed E-state index contributed by atoms with van der Waals surface area (Å²) in [5, 5.41) is 19.4. The molecule has 2 N–H and O–H groups in total. The van der Waals surface area contributed by atoms with E-state index in [0.717, 1.165) is 24.1 Å². The molecule has 0 aromatic carbocycles. The Balaban J connectivity index is 1.53. The zero-order valence-corrected chi connectivity index (χ0v) is 16.0. The Kier molecular flexibility index (Phi) is 6.59. The van der Waals surface area contributed by atoms with E-state index in [1.54, 1.807) is 6.07 Å². The molecule has 0 unspecified atom stereocenters. The number of alkyl halides is 1. The van der Waals surface area contributed by atoms with Gasteiger partial charge in [-0.2, -0.15) is 0 Å². The molecule has 0 bridgehead atoms. The topological polar surface area (TPSA) is 57.5 Å². The Hall–Kier alpha value is -0.840. The third-order valence-electron chi connectivity index (χ3n) is 5.71. The molecule has 3 nitrogen and oxygen atoms in total. The largest absolute Gasteiger partial charge is 0.477 e.